The highest BCUT2D eigenvalue weighted by Gasteiger charge is 2.24. The van der Waals surface area contributed by atoms with Crippen LogP contribution >= 0.6 is 0 Å². The Hall–Kier alpha value is -3.37. The predicted octanol–water partition coefficient (Wildman–Crippen LogP) is 3.85. The van der Waals surface area contributed by atoms with Crippen molar-refractivity contribution in [2.24, 2.45) is 5.16 Å². The minimum absolute atomic E-state index is 0.250. The van der Waals surface area contributed by atoms with Crippen LogP contribution in [0.15, 0.2) is 53.7 Å². The van der Waals surface area contributed by atoms with Gasteiger partial charge in [0.1, 0.15) is 11.9 Å². The molecule has 3 rings (SSSR count). The second-order valence-electron chi connectivity index (χ2n) is 6.59. The Morgan fingerprint density at radius 1 is 1.38 bits per heavy atom. The van der Waals surface area contributed by atoms with Crippen molar-refractivity contribution >= 4 is 11.7 Å². The maximum atomic E-state index is 13.1. The molecule has 2 atom stereocenters. The third kappa shape index (κ3) is 5.12. The summed E-state index contributed by atoms with van der Waals surface area (Å²) in [4.78, 5) is 17.1. The molecular weight excluding hydrogens is 373 g/mol. The van der Waals surface area contributed by atoms with Crippen LogP contribution < -0.4 is 5.32 Å². The first-order chi connectivity index (χ1) is 14.0. The molecule has 2 aromatic carbocycles. The lowest BCUT2D eigenvalue weighted by Crippen LogP contribution is -2.42. The molecule has 1 heterocycles. The van der Waals surface area contributed by atoms with Crippen LogP contribution in [-0.2, 0) is 4.84 Å². The Balaban J connectivity index is 1.68. The zero-order valence-corrected chi connectivity index (χ0v) is 16.2. The Morgan fingerprint density at radius 2 is 2.14 bits per heavy atom. The van der Waals surface area contributed by atoms with Crippen molar-refractivity contribution < 1.29 is 19.2 Å². The zero-order valence-electron chi connectivity index (χ0n) is 16.2. The van der Waals surface area contributed by atoms with E-state index in [2.05, 4.69) is 22.3 Å². The van der Waals surface area contributed by atoms with E-state index in [-0.39, 0.29) is 11.9 Å². The summed E-state index contributed by atoms with van der Waals surface area (Å²) in [6.07, 6.45) is 0.320. The van der Waals surface area contributed by atoms with Gasteiger partial charge in [-0.2, -0.15) is 5.06 Å². The first-order valence-corrected chi connectivity index (χ1v) is 9.34. The number of benzene rings is 2. The fourth-order valence-electron chi connectivity index (χ4n) is 2.84. The Kier molecular flexibility index (Phi) is 6.47. The van der Waals surface area contributed by atoms with Crippen molar-refractivity contribution in [2.75, 3.05) is 6.54 Å². The summed E-state index contributed by atoms with van der Waals surface area (Å²) in [6, 6.07) is 12.4. The highest BCUT2D eigenvalue weighted by Crippen LogP contribution is 2.29. The number of amides is 2. The van der Waals surface area contributed by atoms with Crippen LogP contribution in [0.5, 0.6) is 0 Å². The van der Waals surface area contributed by atoms with Gasteiger partial charge in [-0.3, -0.25) is 5.21 Å². The van der Waals surface area contributed by atoms with Crippen molar-refractivity contribution in [3.63, 3.8) is 0 Å². The number of rotatable bonds is 4. The Labute approximate surface area is 168 Å². The van der Waals surface area contributed by atoms with Gasteiger partial charge < -0.3 is 10.2 Å². The molecular formula is C22H22FN3O3. The van der Waals surface area contributed by atoms with Gasteiger partial charge >= 0.3 is 6.03 Å². The lowest BCUT2D eigenvalue weighted by molar-refractivity contribution is -0.0571. The summed E-state index contributed by atoms with van der Waals surface area (Å²) >= 11 is 0. The average Bonchev–Trinajstić information content (AvgIpc) is 3.22. The summed E-state index contributed by atoms with van der Waals surface area (Å²) < 4.78 is 13.1. The maximum absolute atomic E-state index is 13.1. The summed E-state index contributed by atoms with van der Waals surface area (Å²) in [7, 11) is 0. The third-order valence-electron chi connectivity index (χ3n) is 4.43. The van der Waals surface area contributed by atoms with Gasteiger partial charge in [0.2, 0.25) is 0 Å². The molecule has 6 nitrogen and oxygen atoms in total. The smallest absolute Gasteiger partial charge is 0.342 e. The number of hydrogen-bond acceptors (Lipinski definition) is 4. The molecule has 1 aliphatic rings. The maximum Gasteiger partial charge on any atom is 0.342 e. The fraction of sp³-hybridized carbons (Fsp3) is 0.273. The van der Waals surface area contributed by atoms with Crippen molar-refractivity contribution in [3.05, 3.63) is 71.0 Å². The minimum Gasteiger partial charge on any atom is -0.387 e. The zero-order chi connectivity index (χ0) is 20.8. The van der Waals surface area contributed by atoms with E-state index in [0.717, 1.165) is 22.4 Å². The minimum atomic E-state index is -0.666. The molecule has 29 heavy (non-hydrogen) atoms. The number of urea groups is 1. The average molecular weight is 395 g/mol. The summed E-state index contributed by atoms with van der Waals surface area (Å²) in [5.41, 5.74) is 3.25. The summed E-state index contributed by atoms with van der Waals surface area (Å²) in [6.45, 7) is 3.82. The van der Waals surface area contributed by atoms with E-state index in [0.29, 0.717) is 18.0 Å². The van der Waals surface area contributed by atoms with Gasteiger partial charge in [0.15, 0.2) is 6.10 Å². The molecule has 0 saturated carbocycles. The molecule has 0 bridgehead atoms. The Morgan fingerprint density at radius 3 is 2.86 bits per heavy atom. The molecule has 1 aliphatic heterocycles. The van der Waals surface area contributed by atoms with Crippen LogP contribution in [0.1, 0.15) is 43.1 Å². The number of hydroxylamine groups is 2. The molecule has 2 amide bonds. The van der Waals surface area contributed by atoms with Crippen LogP contribution in [0.3, 0.4) is 0 Å². The Bertz CT molecular complexity index is 963. The lowest BCUT2D eigenvalue weighted by Gasteiger charge is -2.18. The molecule has 2 aromatic rings. The molecule has 0 radical (unpaired) electrons. The second kappa shape index (κ2) is 9.22. The molecule has 0 aromatic heterocycles. The van der Waals surface area contributed by atoms with E-state index in [1.165, 1.54) is 12.1 Å². The largest absolute Gasteiger partial charge is 0.387 e. The van der Waals surface area contributed by atoms with E-state index in [4.69, 9.17) is 4.84 Å². The van der Waals surface area contributed by atoms with Crippen molar-refractivity contribution in [1.29, 1.82) is 0 Å². The van der Waals surface area contributed by atoms with Gasteiger partial charge in [-0.1, -0.05) is 41.3 Å². The van der Waals surface area contributed by atoms with Gasteiger partial charge in [-0.15, -0.1) is 0 Å². The molecule has 150 valence electrons. The lowest BCUT2D eigenvalue weighted by atomic mass is 9.99. The number of carbonyl (C=O) groups excluding carboxylic acids is 1. The number of oxime groups is 1. The summed E-state index contributed by atoms with van der Waals surface area (Å²) in [5, 5.41) is 17.1. The number of halogens is 1. The number of nitrogens with one attached hydrogen (secondary N) is 1. The second-order valence-corrected chi connectivity index (χ2v) is 6.59. The van der Waals surface area contributed by atoms with E-state index in [1.54, 1.807) is 26.0 Å². The molecule has 2 unspecified atom stereocenters. The normalized spacial score (nSPS) is 16.1. The quantitative estimate of drug-likeness (QED) is 0.469. The number of nitrogens with zero attached hydrogens (tertiary/aromatic N) is 2. The van der Waals surface area contributed by atoms with Gasteiger partial charge in [-0.05, 0) is 43.7 Å². The standard InChI is InChI=1S/C22H22FN3O3/c1-3-24-22(27)26(28)15(2)7-8-16-5-4-6-18(13-16)20-14-21(29-25-20)17-9-11-19(23)12-10-17/h4-6,9-13,15,21,28H,3,14H2,1-2H3,(H,24,27). The highest BCUT2D eigenvalue weighted by atomic mass is 19.1. The predicted molar refractivity (Wildman–Crippen MR) is 107 cm³/mol. The first-order valence-electron chi connectivity index (χ1n) is 9.34. The molecule has 0 fully saturated rings. The van der Waals surface area contributed by atoms with Crippen LogP contribution in [-0.4, -0.2) is 34.6 Å². The molecule has 0 spiro atoms. The SMILES string of the molecule is CCNC(=O)N(O)C(C)C#Cc1cccc(C2=NOC(c3ccc(F)cc3)C2)c1. The summed E-state index contributed by atoms with van der Waals surface area (Å²) in [5.74, 6) is 5.53. The van der Waals surface area contributed by atoms with Gasteiger partial charge in [0, 0.05) is 24.1 Å². The van der Waals surface area contributed by atoms with Crippen molar-refractivity contribution in [3.8, 4) is 11.8 Å². The van der Waals surface area contributed by atoms with Gasteiger partial charge in [0.25, 0.3) is 0 Å². The fourth-order valence-corrected chi connectivity index (χ4v) is 2.84. The van der Waals surface area contributed by atoms with Crippen molar-refractivity contribution in [2.45, 2.75) is 32.4 Å². The van der Waals surface area contributed by atoms with Gasteiger partial charge in [-0.25, -0.2) is 9.18 Å². The van der Waals surface area contributed by atoms with Crippen LogP contribution in [0.2, 0.25) is 0 Å². The molecule has 0 aliphatic carbocycles. The molecule has 0 saturated heterocycles. The van der Waals surface area contributed by atoms with E-state index < -0.39 is 12.1 Å². The van der Waals surface area contributed by atoms with E-state index >= 15 is 0 Å². The van der Waals surface area contributed by atoms with Crippen LogP contribution in [0.4, 0.5) is 9.18 Å². The highest BCUT2D eigenvalue weighted by molar-refractivity contribution is 6.01. The van der Waals surface area contributed by atoms with Crippen molar-refractivity contribution in [1.82, 2.24) is 10.4 Å². The van der Waals surface area contributed by atoms with Crippen LogP contribution in [0, 0.1) is 17.7 Å². The number of hydrogen-bond donors (Lipinski definition) is 2. The van der Waals surface area contributed by atoms with Gasteiger partial charge in [0.05, 0.1) is 5.71 Å². The van der Waals surface area contributed by atoms with E-state index in [9.17, 15) is 14.4 Å². The van der Waals surface area contributed by atoms with E-state index in [1.807, 2.05) is 24.3 Å². The molecule has 7 heteroatoms. The topological polar surface area (TPSA) is 74.2 Å². The first kappa shape index (κ1) is 20.4. The monoisotopic (exact) mass is 395 g/mol. The third-order valence-corrected chi connectivity index (χ3v) is 4.43. The van der Waals surface area contributed by atoms with Crippen LogP contribution in [0.25, 0.3) is 0 Å². The molecule has 2 N–H and O–H groups in total. The number of carbonyl (C=O) groups is 1.